The zero-order valence-corrected chi connectivity index (χ0v) is 38.5. The van der Waals surface area contributed by atoms with E-state index in [2.05, 4.69) is 62.5 Å². The molecule has 0 fully saturated rings. The van der Waals surface area contributed by atoms with Crippen molar-refractivity contribution in [3.05, 3.63) is 48.6 Å². The van der Waals surface area contributed by atoms with Gasteiger partial charge in [0.05, 0.1) is 19.8 Å². The van der Waals surface area contributed by atoms with E-state index in [9.17, 15) is 19.0 Å². The van der Waals surface area contributed by atoms with Gasteiger partial charge in [-0.05, 0) is 51.4 Å². The summed E-state index contributed by atoms with van der Waals surface area (Å²) >= 11 is 0. The quantitative estimate of drug-likeness (QED) is 0.0233. The third-order valence-corrected chi connectivity index (χ3v) is 11.1. The number of carbonyl (C=O) groups is 2. The highest BCUT2D eigenvalue weighted by Crippen LogP contribution is 2.43. The van der Waals surface area contributed by atoms with Crippen molar-refractivity contribution < 1.29 is 42.7 Å². The third-order valence-electron chi connectivity index (χ3n) is 10.1. The van der Waals surface area contributed by atoms with Gasteiger partial charge in [0.15, 0.2) is 0 Å². The molecule has 0 aromatic heterocycles. The number of carboxylic acid groups (broad SMARTS) is 1. The lowest BCUT2D eigenvalue weighted by atomic mass is 10.0. The molecular weight excluding hydrogens is 765 g/mol. The standard InChI is InChI=1S/C48H88NO9P/c1-3-5-7-9-11-13-15-17-19-21-22-23-25-27-29-31-33-35-37-39-41-55-42-45(43-56-59(53,54)57-44-46(49)48(51)52)58-47(50)40-38-36-34-32-30-28-26-24-20-18-16-14-12-10-8-6-4-2/h5,7,11,13,17,19,22-23,45-46H,3-4,6,8-10,12,14-16,18,20-21,24-44,49H2,1-2H3,(H,51,52)(H,53,54)/b7-5-,13-11-,19-17-,23-22-. The van der Waals surface area contributed by atoms with Gasteiger partial charge in [0.1, 0.15) is 12.1 Å². The van der Waals surface area contributed by atoms with Crippen LogP contribution in [0.3, 0.4) is 0 Å². The summed E-state index contributed by atoms with van der Waals surface area (Å²) in [5.41, 5.74) is 5.36. The van der Waals surface area contributed by atoms with E-state index in [0.717, 1.165) is 64.2 Å². The molecule has 0 amide bonds. The van der Waals surface area contributed by atoms with Crippen LogP contribution in [0.15, 0.2) is 48.6 Å². The Labute approximate surface area is 360 Å². The van der Waals surface area contributed by atoms with Gasteiger partial charge in [0, 0.05) is 13.0 Å². The first-order chi connectivity index (χ1) is 28.7. The molecular formula is C48H88NO9P. The smallest absolute Gasteiger partial charge is 0.472 e. The molecule has 4 N–H and O–H groups in total. The molecule has 0 saturated carbocycles. The number of aliphatic carboxylic acids is 1. The molecule has 0 aliphatic carbocycles. The molecule has 3 atom stereocenters. The minimum atomic E-state index is -4.62. The maximum atomic E-state index is 12.7. The summed E-state index contributed by atoms with van der Waals surface area (Å²) in [5, 5.41) is 8.91. The van der Waals surface area contributed by atoms with Crippen LogP contribution < -0.4 is 5.73 Å². The van der Waals surface area contributed by atoms with Gasteiger partial charge in [0.2, 0.25) is 0 Å². The average molecular weight is 854 g/mol. The SMILES string of the molecule is CC/C=C\C/C=C\C/C=C\C/C=C\CCCCCCCCCOCC(COP(=O)(O)OCC(N)C(=O)O)OC(=O)CCCCCCCCCCCCCCCCCCC. The molecule has 0 aliphatic rings. The second-order valence-corrected chi connectivity index (χ2v) is 17.3. The lowest BCUT2D eigenvalue weighted by molar-refractivity contribution is -0.154. The summed E-state index contributed by atoms with van der Waals surface area (Å²) in [5.74, 6) is -1.78. The van der Waals surface area contributed by atoms with E-state index in [1.165, 1.54) is 116 Å². The number of phosphoric ester groups is 1. The van der Waals surface area contributed by atoms with Crippen LogP contribution in [0.2, 0.25) is 0 Å². The van der Waals surface area contributed by atoms with Crippen LogP contribution in [0.1, 0.15) is 206 Å². The van der Waals surface area contributed by atoms with Gasteiger partial charge in [0.25, 0.3) is 0 Å². The van der Waals surface area contributed by atoms with E-state index < -0.39 is 45.1 Å². The number of carboxylic acids is 1. The minimum Gasteiger partial charge on any atom is -0.480 e. The Hall–Kier alpha value is -2.07. The van der Waals surface area contributed by atoms with Crippen molar-refractivity contribution in [3.8, 4) is 0 Å². The summed E-state index contributed by atoms with van der Waals surface area (Å²) in [4.78, 5) is 33.6. The molecule has 59 heavy (non-hydrogen) atoms. The number of phosphoric acid groups is 1. The number of rotatable bonds is 45. The molecule has 0 aromatic carbocycles. The van der Waals surface area contributed by atoms with E-state index in [1.807, 2.05) is 0 Å². The Bertz CT molecular complexity index is 1130. The van der Waals surface area contributed by atoms with Gasteiger partial charge >= 0.3 is 19.8 Å². The van der Waals surface area contributed by atoms with Crippen molar-refractivity contribution in [1.82, 2.24) is 0 Å². The van der Waals surface area contributed by atoms with Gasteiger partial charge in [-0.25, -0.2) is 4.57 Å². The summed E-state index contributed by atoms with van der Waals surface area (Å²) < 4.78 is 33.4. The maximum Gasteiger partial charge on any atom is 0.472 e. The first-order valence-corrected chi connectivity index (χ1v) is 25.2. The van der Waals surface area contributed by atoms with Gasteiger partial charge in [-0.15, -0.1) is 0 Å². The van der Waals surface area contributed by atoms with Gasteiger partial charge in [-0.1, -0.05) is 197 Å². The van der Waals surface area contributed by atoms with E-state index >= 15 is 0 Å². The molecule has 11 heteroatoms. The lowest BCUT2D eigenvalue weighted by Crippen LogP contribution is -2.34. The molecule has 0 bridgehead atoms. The fraction of sp³-hybridized carbons (Fsp3) is 0.792. The predicted octanol–water partition coefficient (Wildman–Crippen LogP) is 13.4. The lowest BCUT2D eigenvalue weighted by Gasteiger charge is -2.20. The summed E-state index contributed by atoms with van der Waals surface area (Å²) in [6.45, 7) is 3.77. The van der Waals surface area contributed by atoms with Crippen LogP contribution in [0.25, 0.3) is 0 Å². The van der Waals surface area contributed by atoms with Crippen molar-refractivity contribution in [2.45, 2.75) is 219 Å². The fourth-order valence-electron chi connectivity index (χ4n) is 6.48. The minimum absolute atomic E-state index is 0.0106. The number of hydrogen-bond acceptors (Lipinski definition) is 8. The van der Waals surface area contributed by atoms with Crippen molar-refractivity contribution in [2.75, 3.05) is 26.4 Å². The van der Waals surface area contributed by atoms with Crippen LogP contribution in [0.5, 0.6) is 0 Å². The second-order valence-electron chi connectivity index (χ2n) is 15.9. The largest absolute Gasteiger partial charge is 0.480 e. The van der Waals surface area contributed by atoms with Crippen LogP contribution in [0, 0.1) is 0 Å². The summed E-state index contributed by atoms with van der Waals surface area (Å²) in [6, 6.07) is -1.48. The summed E-state index contributed by atoms with van der Waals surface area (Å²) in [6.07, 6.45) is 51.6. The van der Waals surface area contributed by atoms with E-state index in [0.29, 0.717) is 13.0 Å². The number of nitrogens with two attached hydrogens (primary N) is 1. The number of carbonyl (C=O) groups excluding carboxylic acids is 1. The molecule has 10 nitrogen and oxygen atoms in total. The number of allylic oxidation sites excluding steroid dienone is 8. The Morgan fingerprint density at radius 3 is 1.47 bits per heavy atom. The highest BCUT2D eigenvalue weighted by atomic mass is 31.2. The first-order valence-electron chi connectivity index (χ1n) is 23.7. The zero-order valence-electron chi connectivity index (χ0n) is 37.6. The Kier molecular flexibility index (Phi) is 42.5. The van der Waals surface area contributed by atoms with Crippen LogP contribution >= 0.6 is 7.82 Å². The monoisotopic (exact) mass is 854 g/mol. The number of ether oxygens (including phenoxy) is 2. The van der Waals surface area contributed by atoms with Crippen molar-refractivity contribution in [2.24, 2.45) is 5.73 Å². The topological polar surface area (TPSA) is 155 Å². The predicted molar refractivity (Wildman–Crippen MR) is 244 cm³/mol. The zero-order chi connectivity index (χ0) is 43.3. The van der Waals surface area contributed by atoms with E-state index in [1.54, 1.807) is 0 Å². The second kappa shape index (κ2) is 44.0. The third kappa shape index (κ3) is 43.8. The highest BCUT2D eigenvalue weighted by Gasteiger charge is 2.27. The van der Waals surface area contributed by atoms with Crippen LogP contribution in [-0.4, -0.2) is 60.5 Å². The molecule has 0 saturated heterocycles. The molecule has 0 spiro atoms. The molecule has 0 heterocycles. The average Bonchev–Trinajstić information content (AvgIpc) is 3.21. The van der Waals surface area contributed by atoms with E-state index in [4.69, 9.17) is 29.4 Å². The number of esters is 1. The van der Waals surface area contributed by atoms with Crippen LogP contribution in [0.4, 0.5) is 0 Å². The maximum absolute atomic E-state index is 12.7. The molecule has 344 valence electrons. The van der Waals surface area contributed by atoms with Gasteiger partial charge in [-0.3, -0.25) is 18.6 Å². The van der Waals surface area contributed by atoms with E-state index in [-0.39, 0.29) is 13.0 Å². The van der Waals surface area contributed by atoms with Gasteiger partial charge in [-0.2, -0.15) is 0 Å². The number of hydrogen-bond donors (Lipinski definition) is 3. The first kappa shape index (κ1) is 56.9. The Morgan fingerprint density at radius 1 is 0.559 bits per heavy atom. The Morgan fingerprint density at radius 2 is 0.983 bits per heavy atom. The van der Waals surface area contributed by atoms with Crippen molar-refractivity contribution >= 4 is 19.8 Å². The molecule has 3 unspecified atom stereocenters. The Balaban J connectivity index is 4.20. The number of unbranched alkanes of at least 4 members (excludes halogenated alkanes) is 23. The van der Waals surface area contributed by atoms with Crippen molar-refractivity contribution in [3.63, 3.8) is 0 Å². The molecule has 0 radical (unpaired) electrons. The molecule has 0 aliphatic heterocycles. The van der Waals surface area contributed by atoms with Gasteiger partial charge < -0.3 is 25.2 Å². The van der Waals surface area contributed by atoms with Crippen LogP contribution in [-0.2, 0) is 32.7 Å². The van der Waals surface area contributed by atoms with Crippen molar-refractivity contribution in [1.29, 1.82) is 0 Å². The highest BCUT2D eigenvalue weighted by molar-refractivity contribution is 7.47. The normalized spacial score (nSPS) is 14.2. The fourth-order valence-corrected chi connectivity index (χ4v) is 7.26. The molecule has 0 rings (SSSR count). The molecule has 0 aromatic rings. The summed E-state index contributed by atoms with van der Waals surface area (Å²) in [7, 11) is -4.62.